The Kier molecular flexibility index (Phi) is 21.9. The standard InChI is InChI=1S/C14H27NO2.C11H21NO2/c1-5-8-9-10-11-13(6-2)15-12(4)17-14(16)7-3;1-5-8-10(6-2)12-9(4)14-11(13)7-3/h7,12-13,15H,3,5-6,8-11H2,1-2,4H3;7,9-10,12H,3,5-6,8H2,1-2,4H3. The molecule has 0 fully saturated rings. The quantitative estimate of drug-likeness (QED) is 0.132. The van der Waals surface area contributed by atoms with E-state index in [4.69, 9.17) is 9.47 Å². The first kappa shape index (κ1) is 31.5. The van der Waals surface area contributed by atoms with Crippen LogP contribution in [0, 0.1) is 0 Å². The van der Waals surface area contributed by atoms with Gasteiger partial charge in [0.05, 0.1) is 0 Å². The van der Waals surface area contributed by atoms with Crippen LogP contribution in [0.25, 0.3) is 0 Å². The highest BCUT2D eigenvalue weighted by Gasteiger charge is 2.12. The van der Waals surface area contributed by atoms with Crippen LogP contribution in [-0.4, -0.2) is 36.5 Å². The summed E-state index contributed by atoms with van der Waals surface area (Å²) in [5.74, 6) is -0.748. The molecule has 0 bridgehead atoms. The highest BCUT2D eigenvalue weighted by Crippen LogP contribution is 2.09. The minimum Gasteiger partial charge on any atom is -0.444 e. The molecule has 0 saturated heterocycles. The Morgan fingerprint density at radius 3 is 1.55 bits per heavy atom. The number of ether oxygens (including phenoxy) is 2. The van der Waals surface area contributed by atoms with Gasteiger partial charge in [0.25, 0.3) is 0 Å². The van der Waals surface area contributed by atoms with Crippen LogP contribution in [0.3, 0.4) is 0 Å². The molecule has 6 nitrogen and oxygen atoms in total. The maximum atomic E-state index is 11.0. The molecule has 0 aliphatic rings. The van der Waals surface area contributed by atoms with Crippen LogP contribution in [0.1, 0.15) is 99.3 Å². The molecule has 0 aromatic rings. The van der Waals surface area contributed by atoms with Crippen molar-refractivity contribution in [2.24, 2.45) is 0 Å². The molecule has 0 spiro atoms. The van der Waals surface area contributed by atoms with E-state index < -0.39 is 0 Å². The third-order valence-electron chi connectivity index (χ3n) is 4.89. The normalized spacial score (nSPS) is 14.3. The van der Waals surface area contributed by atoms with Gasteiger partial charge < -0.3 is 9.47 Å². The Balaban J connectivity index is 0. The largest absolute Gasteiger partial charge is 0.444 e. The number of unbranched alkanes of at least 4 members (excludes halogenated alkanes) is 3. The second-order valence-corrected chi connectivity index (χ2v) is 7.75. The van der Waals surface area contributed by atoms with Crippen molar-refractivity contribution in [1.29, 1.82) is 0 Å². The zero-order chi connectivity index (χ0) is 24.1. The summed E-state index contributed by atoms with van der Waals surface area (Å²) in [6.07, 6.45) is 12.5. The number of carbonyl (C=O) groups excluding carboxylic acids is 2. The second kappa shape index (κ2) is 21.6. The van der Waals surface area contributed by atoms with Gasteiger partial charge in [-0.2, -0.15) is 0 Å². The third kappa shape index (κ3) is 20.0. The Hall–Kier alpha value is -1.66. The molecule has 4 atom stereocenters. The molecule has 2 N–H and O–H groups in total. The average molecular weight is 441 g/mol. The summed E-state index contributed by atoms with van der Waals surface area (Å²) < 4.78 is 10.1. The summed E-state index contributed by atoms with van der Waals surface area (Å²) in [6, 6.07) is 0.854. The van der Waals surface area contributed by atoms with E-state index in [1.807, 2.05) is 13.8 Å². The molecule has 31 heavy (non-hydrogen) atoms. The molecule has 4 unspecified atom stereocenters. The van der Waals surface area contributed by atoms with Crippen molar-refractivity contribution < 1.29 is 19.1 Å². The average Bonchev–Trinajstić information content (AvgIpc) is 2.75. The van der Waals surface area contributed by atoms with Crippen molar-refractivity contribution in [1.82, 2.24) is 10.6 Å². The van der Waals surface area contributed by atoms with Crippen LogP contribution in [0.4, 0.5) is 0 Å². The number of carbonyl (C=O) groups is 2. The Labute approximate surface area is 191 Å². The van der Waals surface area contributed by atoms with E-state index >= 15 is 0 Å². The third-order valence-corrected chi connectivity index (χ3v) is 4.89. The summed E-state index contributed by atoms with van der Waals surface area (Å²) in [5.41, 5.74) is 0. The fourth-order valence-corrected chi connectivity index (χ4v) is 3.15. The highest BCUT2D eigenvalue weighted by molar-refractivity contribution is 5.81. The zero-order valence-electron chi connectivity index (χ0n) is 20.9. The summed E-state index contributed by atoms with van der Waals surface area (Å²) in [4.78, 5) is 21.9. The topological polar surface area (TPSA) is 76.7 Å². The molecule has 0 saturated carbocycles. The van der Waals surface area contributed by atoms with Crippen molar-refractivity contribution in [3.8, 4) is 0 Å². The molecule has 0 aromatic heterocycles. The molecular weight excluding hydrogens is 392 g/mol. The number of hydrogen-bond acceptors (Lipinski definition) is 6. The van der Waals surface area contributed by atoms with Gasteiger partial charge in [-0.3, -0.25) is 10.6 Å². The van der Waals surface area contributed by atoms with Crippen LogP contribution < -0.4 is 10.6 Å². The molecule has 0 aliphatic heterocycles. The molecule has 0 aliphatic carbocycles. The minimum atomic E-state index is -0.378. The second-order valence-electron chi connectivity index (χ2n) is 7.75. The molecule has 0 heterocycles. The van der Waals surface area contributed by atoms with Gasteiger partial charge in [0.2, 0.25) is 0 Å². The first-order valence-electron chi connectivity index (χ1n) is 12.0. The van der Waals surface area contributed by atoms with Crippen molar-refractivity contribution in [3.63, 3.8) is 0 Å². The first-order valence-corrected chi connectivity index (χ1v) is 12.0. The maximum Gasteiger partial charge on any atom is 0.331 e. The van der Waals surface area contributed by atoms with Crippen molar-refractivity contribution in [3.05, 3.63) is 25.3 Å². The lowest BCUT2D eigenvalue weighted by Gasteiger charge is -2.21. The lowest BCUT2D eigenvalue weighted by Crippen LogP contribution is -2.38. The van der Waals surface area contributed by atoms with Gasteiger partial charge in [-0.25, -0.2) is 9.59 Å². The molecule has 0 aromatic carbocycles. The molecule has 6 heteroatoms. The molecule has 0 radical (unpaired) electrons. The van der Waals surface area contributed by atoms with Gasteiger partial charge in [-0.15, -0.1) is 0 Å². The predicted molar refractivity (Wildman–Crippen MR) is 130 cm³/mol. The van der Waals surface area contributed by atoms with E-state index in [-0.39, 0.29) is 24.4 Å². The number of nitrogens with one attached hydrogen (secondary N) is 2. The lowest BCUT2D eigenvalue weighted by atomic mass is 10.1. The van der Waals surface area contributed by atoms with Crippen LogP contribution in [-0.2, 0) is 19.1 Å². The summed E-state index contributed by atoms with van der Waals surface area (Å²) >= 11 is 0. The predicted octanol–water partition coefficient (Wildman–Crippen LogP) is 5.63. The maximum absolute atomic E-state index is 11.0. The van der Waals surface area contributed by atoms with Gasteiger partial charge in [-0.05, 0) is 39.5 Å². The first-order chi connectivity index (χ1) is 14.8. The smallest absolute Gasteiger partial charge is 0.331 e. The fourth-order valence-electron chi connectivity index (χ4n) is 3.15. The number of esters is 2. The number of rotatable bonds is 17. The van der Waals surface area contributed by atoms with Crippen molar-refractivity contribution in [2.75, 3.05) is 0 Å². The lowest BCUT2D eigenvalue weighted by molar-refractivity contribution is -0.145. The van der Waals surface area contributed by atoms with Crippen molar-refractivity contribution >= 4 is 11.9 Å². The van der Waals surface area contributed by atoms with Crippen LogP contribution in [0.5, 0.6) is 0 Å². The van der Waals surface area contributed by atoms with Gasteiger partial charge in [-0.1, -0.05) is 73.0 Å². The van der Waals surface area contributed by atoms with Gasteiger partial charge in [0.1, 0.15) is 0 Å². The highest BCUT2D eigenvalue weighted by atomic mass is 16.6. The van der Waals surface area contributed by atoms with Gasteiger partial charge in [0, 0.05) is 24.2 Å². The van der Waals surface area contributed by atoms with E-state index in [9.17, 15) is 9.59 Å². The summed E-state index contributed by atoms with van der Waals surface area (Å²) in [7, 11) is 0. The molecule has 0 amide bonds. The fraction of sp³-hybridized carbons (Fsp3) is 0.760. The summed E-state index contributed by atoms with van der Waals surface area (Å²) in [5, 5.41) is 6.56. The van der Waals surface area contributed by atoms with E-state index in [1.165, 1.54) is 37.8 Å². The Morgan fingerprint density at radius 1 is 0.742 bits per heavy atom. The van der Waals surface area contributed by atoms with Crippen LogP contribution in [0.2, 0.25) is 0 Å². The molecule has 182 valence electrons. The van der Waals surface area contributed by atoms with Crippen molar-refractivity contribution in [2.45, 2.75) is 124 Å². The van der Waals surface area contributed by atoms with Crippen LogP contribution in [0.15, 0.2) is 25.3 Å². The SMILES string of the molecule is C=CC(=O)OC(C)NC(CC)CCC.C=CC(=O)OC(C)NC(CC)CCCCCC. The minimum absolute atomic E-state index is 0.239. The monoisotopic (exact) mass is 440 g/mol. The van der Waals surface area contributed by atoms with E-state index in [0.717, 1.165) is 32.1 Å². The van der Waals surface area contributed by atoms with E-state index in [1.54, 1.807) is 0 Å². The van der Waals surface area contributed by atoms with E-state index in [0.29, 0.717) is 12.1 Å². The van der Waals surface area contributed by atoms with Gasteiger partial charge in [0.15, 0.2) is 12.5 Å². The van der Waals surface area contributed by atoms with Gasteiger partial charge >= 0.3 is 11.9 Å². The van der Waals surface area contributed by atoms with E-state index in [2.05, 4.69) is 51.5 Å². The molecule has 0 rings (SSSR count). The molecular formula is C25H48N2O4. The summed E-state index contributed by atoms with van der Waals surface area (Å²) in [6.45, 7) is 19.0. The van der Waals surface area contributed by atoms with Crippen LogP contribution >= 0.6 is 0 Å². The number of hydrogen-bond donors (Lipinski definition) is 2. The zero-order valence-corrected chi connectivity index (χ0v) is 20.9. The Morgan fingerprint density at radius 2 is 1.19 bits per heavy atom. The Bertz CT molecular complexity index is 482.